The Bertz CT molecular complexity index is 508. The minimum atomic E-state index is -0.716. The standard InChI is InChI=1S/C14H20N2O/c1-4-7-13-15-11-8-5-6-9-12(11)16(13)10-14(2,3)17/h5-6,8-9,17H,4,7,10H2,1-3H3. The van der Waals surface area contributed by atoms with Crippen LogP contribution in [0.5, 0.6) is 0 Å². The smallest absolute Gasteiger partial charge is 0.109 e. The Balaban J connectivity index is 2.51. The topological polar surface area (TPSA) is 38.0 Å². The molecule has 0 atom stereocenters. The van der Waals surface area contributed by atoms with E-state index in [-0.39, 0.29) is 0 Å². The summed E-state index contributed by atoms with van der Waals surface area (Å²) >= 11 is 0. The summed E-state index contributed by atoms with van der Waals surface area (Å²) in [7, 11) is 0. The summed E-state index contributed by atoms with van der Waals surface area (Å²) < 4.78 is 2.14. The van der Waals surface area contributed by atoms with Gasteiger partial charge in [-0.25, -0.2) is 4.98 Å². The minimum absolute atomic E-state index is 0.586. The third kappa shape index (κ3) is 2.67. The van der Waals surface area contributed by atoms with E-state index in [1.54, 1.807) is 0 Å². The summed E-state index contributed by atoms with van der Waals surface area (Å²) in [4.78, 5) is 4.64. The first-order valence-electron chi connectivity index (χ1n) is 6.18. The molecule has 0 saturated carbocycles. The number of hydrogen-bond donors (Lipinski definition) is 1. The van der Waals surface area contributed by atoms with Gasteiger partial charge in [-0.1, -0.05) is 19.1 Å². The predicted octanol–water partition coefficient (Wildman–Crippen LogP) is 2.76. The lowest BCUT2D eigenvalue weighted by atomic mass is 10.1. The van der Waals surface area contributed by atoms with Crippen molar-refractivity contribution in [3.05, 3.63) is 30.1 Å². The van der Waals surface area contributed by atoms with E-state index >= 15 is 0 Å². The van der Waals surface area contributed by atoms with Crippen molar-refractivity contribution in [1.82, 2.24) is 9.55 Å². The van der Waals surface area contributed by atoms with Gasteiger partial charge in [0.15, 0.2) is 0 Å². The molecular formula is C14H20N2O. The highest BCUT2D eigenvalue weighted by molar-refractivity contribution is 5.75. The molecule has 92 valence electrons. The van der Waals surface area contributed by atoms with Crippen molar-refractivity contribution in [3.63, 3.8) is 0 Å². The van der Waals surface area contributed by atoms with Gasteiger partial charge >= 0.3 is 0 Å². The molecule has 1 heterocycles. The number of nitrogens with zero attached hydrogens (tertiary/aromatic N) is 2. The van der Waals surface area contributed by atoms with Crippen LogP contribution in [0.3, 0.4) is 0 Å². The average Bonchev–Trinajstić information content (AvgIpc) is 2.56. The third-order valence-electron chi connectivity index (χ3n) is 2.75. The Labute approximate surface area is 102 Å². The van der Waals surface area contributed by atoms with Gasteiger partial charge in [-0.3, -0.25) is 0 Å². The van der Waals surface area contributed by atoms with Crippen molar-refractivity contribution < 1.29 is 5.11 Å². The van der Waals surface area contributed by atoms with Crippen molar-refractivity contribution in [3.8, 4) is 0 Å². The first-order valence-corrected chi connectivity index (χ1v) is 6.18. The first kappa shape index (κ1) is 12.1. The Kier molecular flexibility index (Phi) is 3.20. The number of rotatable bonds is 4. The fourth-order valence-electron chi connectivity index (χ4n) is 2.10. The van der Waals surface area contributed by atoms with Gasteiger partial charge in [-0.05, 0) is 32.4 Å². The Morgan fingerprint density at radius 3 is 2.65 bits per heavy atom. The van der Waals surface area contributed by atoms with E-state index in [0.717, 1.165) is 29.7 Å². The van der Waals surface area contributed by atoms with Crippen molar-refractivity contribution in [2.45, 2.75) is 45.8 Å². The van der Waals surface area contributed by atoms with Crippen LogP contribution in [-0.4, -0.2) is 20.3 Å². The van der Waals surface area contributed by atoms with Gasteiger partial charge in [0.1, 0.15) is 5.82 Å². The van der Waals surface area contributed by atoms with Crippen LogP contribution in [-0.2, 0) is 13.0 Å². The number of imidazole rings is 1. The molecule has 2 aromatic rings. The first-order chi connectivity index (χ1) is 8.01. The summed E-state index contributed by atoms with van der Waals surface area (Å²) in [5.41, 5.74) is 1.41. The molecule has 17 heavy (non-hydrogen) atoms. The zero-order valence-corrected chi connectivity index (χ0v) is 10.8. The lowest BCUT2D eigenvalue weighted by Gasteiger charge is -2.20. The summed E-state index contributed by atoms with van der Waals surface area (Å²) in [5, 5.41) is 9.99. The largest absolute Gasteiger partial charge is 0.389 e. The molecule has 1 aromatic carbocycles. The van der Waals surface area contributed by atoms with E-state index in [0.29, 0.717) is 6.54 Å². The fraction of sp³-hybridized carbons (Fsp3) is 0.500. The van der Waals surface area contributed by atoms with Crippen LogP contribution in [0.15, 0.2) is 24.3 Å². The molecule has 0 bridgehead atoms. The molecule has 0 fully saturated rings. The van der Waals surface area contributed by atoms with E-state index in [4.69, 9.17) is 0 Å². The SMILES string of the molecule is CCCc1nc2ccccc2n1CC(C)(C)O. The fourth-order valence-corrected chi connectivity index (χ4v) is 2.10. The van der Waals surface area contributed by atoms with Crippen LogP contribution in [0.1, 0.15) is 33.0 Å². The van der Waals surface area contributed by atoms with Crippen LogP contribution in [0.25, 0.3) is 11.0 Å². The molecule has 0 radical (unpaired) electrons. The van der Waals surface area contributed by atoms with E-state index in [1.807, 2.05) is 32.0 Å². The average molecular weight is 232 g/mol. The van der Waals surface area contributed by atoms with Crippen LogP contribution in [0.2, 0.25) is 0 Å². The zero-order chi connectivity index (χ0) is 12.5. The number of aliphatic hydroxyl groups is 1. The highest BCUT2D eigenvalue weighted by Gasteiger charge is 2.18. The second kappa shape index (κ2) is 4.49. The summed E-state index contributed by atoms with van der Waals surface area (Å²) in [6.07, 6.45) is 2.01. The van der Waals surface area contributed by atoms with Crippen LogP contribution in [0, 0.1) is 0 Å². The maximum Gasteiger partial charge on any atom is 0.109 e. The molecular weight excluding hydrogens is 212 g/mol. The van der Waals surface area contributed by atoms with Crippen LogP contribution >= 0.6 is 0 Å². The Morgan fingerprint density at radius 1 is 1.29 bits per heavy atom. The van der Waals surface area contributed by atoms with Gasteiger partial charge in [-0.2, -0.15) is 0 Å². The van der Waals surface area contributed by atoms with Crippen molar-refractivity contribution in [2.75, 3.05) is 0 Å². The Morgan fingerprint density at radius 2 is 2.00 bits per heavy atom. The molecule has 0 aliphatic carbocycles. The molecule has 1 aromatic heterocycles. The van der Waals surface area contributed by atoms with Gasteiger partial charge in [0.25, 0.3) is 0 Å². The lowest BCUT2D eigenvalue weighted by molar-refractivity contribution is 0.0618. The van der Waals surface area contributed by atoms with Crippen LogP contribution in [0.4, 0.5) is 0 Å². The highest BCUT2D eigenvalue weighted by Crippen LogP contribution is 2.19. The summed E-state index contributed by atoms with van der Waals surface area (Å²) in [5.74, 6) is 1.07. The van der Waals surface area contributed by atoms with Gasteiger partial charge < -0.3 is 9.67 Å². The monoisotopic (exact) mass is 232 g/mol. The number of aromatic nitrogens is 2. The van der Waals surface area contributed by atoms with E-state index in [9.17, 15) is 5.11 Å². The molecule has 0 unspecified atom stereocenters. The highest BCUT2D eigenvalue weighted by atomic mass is 16.3. The maximum atomic E-state index is 9.99. The number of fused-ring (bicyclic) bond motifs is 1. The molecule has 2 rings (SSSR count). The van der Waals surface area contributed by atoms with Crippen molar-refractivity contribution in [2.24, 2.45) is 0 Å². The lowest BCUT2D eigenvalue weighted by Crippen LogP contribution is -2.27. The second-order valence-electron chi connectivity index (χ2n) is 5.17. The van der Waals surface area contributed by atoms with Crippen molar-refractivity contribution in [1.29, 1.82) is 0 Å². The number of para-hydroxylation sites is 2. The summed E-state index contributed by atoms with van der Waals surface area (Å²) in [6, 6.07) is 8.10. The molecule has 3 heteroatoms. The molecule has 0 saturated heterocycles. The number of benzene rings is 1. The zero-order valence-electron chi connectivity index (χ0n) is 10.8. The molecule has 1 N–H and O–H groups in total. The molecule has 0 spiro atoms. The summed E-state index contributed by atoms with van der Waals surface area (Å²) in [6.45, 7) is 6.39. The normalized spacial score (nSPS) is 12.2. The third-order valence-corrected chi connectivity index (χ3v) is 2.75. The van der Waals surface area contributed by atoms with E-state index in [1.165, 1.54) is 0 Å². The predicted molar refractivity (Wildman–Crippen MR) is 70.0 cm³/mol. The molecule has 0 aliphatic heterocycles. The van der Waals surface area contributed by atoms with E-state index < -0.39 is 5.60 Å². The molecule has 0 amide bonds. The van der Waals surface area contributed by atoms with Crippen molar-refractivity contribution >= 4 is 11.0 Å². The molecule has 0 aliphatic rings. The van der Waals surface area contributed by atoms with Gasteiger partial charge in [0, 0.05) is 6.42 Å². The Hall–Kier alpha value is -1.35. The number of aryl methyl sites for hydroxylation is 1. The molecule has 3 nitrogen and oxygen atoms in total. The maximum absolute atomic E-state index is 9.99. The minimum Gasteiger partial charge on any atom is -0.389 e. The van der Waals surface area contributed by atoms with Crippen LogP contribution < -0.4 is 0 Å². The van der Waals surface area contributed by atoms with Gasteiger partial charge in [0.05, 0.1) is 23.2 Å². The number of hydrogen-bond acceptors (Lipinski definition) is 2. The van der Waals surface area contributed by atoms with Gasteiger partial charge in [0.2, 0.25) is 0 Å². The van der Waals surface area contributed by atoms with Gasteiger partial charge in [-0.15, -0.1) is 0 Å². The quantitative estimate of drug-likeness (QED) is 0.880. The van der Waals surface area contributed by atoms with E-state index in [2.05, 4.69) is 22.5 Å². The second-order valence-corrected chi connectivity index (χ2v) is 5.17.